The van der Waals surface area contributed by atoms with E-state index in [1.807, 2.05) is 42.2 Å². The number of benzene rings is 1. The molecule has 3 heterocycles. The molecule has 1 aromatic carbocycles. The molecule has 0 radical (unpaired) electrons. The largest absolute Gasteiger partial charge is 0.287 e. The first kappa shape index (κ1) is 16.0. The number of nitrogens with zero attached hydrogens (tertiary/aromatic N) is 2. The summed E-state index contributed by atoms with van der Waals surface area (Å²) in [6.45, 7) is 2.65. The lowest BCUT2D eigenvalue weighted by molar-refractivity contribution is -0.124. The molecule has 2 aliphatic rings. The van der Waals surface area contributed by atoms with Crippen LogP contribution in [0, 0.1) is 12.8 Å². The number of fused-ring (bicyclic) bond motifs is 1. The number of nitrogens with one attached hydrogen (secondary N) is 3. The van der Waals surface area contributed by atoms with Crippen molar-refractivity contribution in [3.63, 3.8) is 0 Å². The smallest absolute Gasteiger partial charge is 0.236 e. The zero-order chi connectivity index (χ0) is 16.5. The summed E-state index contributed by atoms with van der Waals surface area (Å²) in [4.78, 5) is 19.4. The molecule has 0 spiro atoms. The van der Waals surface area contributed by atoms with Crippen LogP contribution in [0.5, 0.6) is 0 Å². The van der Waals surface area contributed by atoms with Gasteiger partial charge in [-0.3, -0.25) is 20.4 Å². The molecule has 2 saturated heterocycles. The Bertz CT molecular complexity index is 722. The lowest BCUT2D eigenvalue weighted by Crippen LogP contribution is -2.64. The van der Waals surface area contributed by atoms with E-state index in [4.69, 9.17) is 0 Å². The van der Waals surface area contributed by atoms with Gasteiger partial charge in [0.15, 0.2) is 0 Å². The molecule has 1 amide bonds. The van der Waals surface area contributed by atoms with Crippen LogP contribution in [0.1, 0.15) is 10.7 Å². The Morgan fingerprint density at radius 3 is 2.96 bits per heavy atom. The number of para-hydroxylation sites is 1. The maximum absolute atomic E-state index is 13.0. The fourth-order valence-corrected chi connectivity index (χ4v) is 4.83. The molecule has 2 aliphatic heterocycles. The molecule has 0 saturated carbocycles. The third kappa shape index (κ3) is 3.07. The second kappa shape index (κ2) is 6.81. The van der Waals surface area contributed by atoms with Gasteiger partial charge in [-0.1, -0.05) is 18.2 Å². The van der Waals surface area contributed by atoms with Gasteiger partial charge in [-0.15, -0.1) is 23.1 Å². The van der Waals surface area contributed by atoms with Crippen LogP contribution >= 0.6 is 23.1 Å². The Morgan fingerprint density at radius 1 is 1.38 bits per heavy atom. The van der Waals surface area contributed by atoms with E-state index in [-0.39, 0.29) is 23.5 Å². The van der Waals surface area contributed by atoms with E-state index < -0.39 is 0 Å². The van der Waals surface area contributed by atoms with Crippen LogP contribution in [0.25, 0.3) is 0 Å². The SMILES string of the molecule is Cc1nc(CSC2NC3NNCC3C(=O)N2c2ccccc2)cs1. The van der Waals surface area contributed by atoms with Crippen LogP contribution in [0.15, 0.2) is 35.7 Å². The van der Waals surface area contributed by atoms with Gasteiger partial charge in [0.25, 0.3) is 0 Å². The molecule has 6 nitrogen and oxygen atoms in total. The second-order valence-electron chi connectivity index (χ2n) is 5.84. The average molecular weight is 361 g/mol. The molecular weight excluding hydrogens is 342 g/mol. The van der Waals surface area contributed by atoms with Crippen LogP contribution in [-0.4, -0.2) is 29.1 Å². The van der Waals surface area contributed by atoms with Gasteiger partial charge in [-0.05, 0) is 19.1 Å². The van der Waals surface area contributed by atoms with Crippen molar-refractivity contribution in [1.29, 1.82) is 0 Å². The van der Waals surface area contributed by atoms with Crippen LogP contribution in [-0.2, 0) is 10.5 Å². The molecule has 3 N–H and O–H groups in total. The number of aromatic nitrogens is 1. The number of hydrogen-bond acceptors (Lipinski definition) is 7. The van der Waals surface area contributed by atoms with E-state index in [1.54, 1.807) is 23.1 Å². The molecular formula is C16H19N5OS2. The maximum Gasteiger partial charge on any atom is 0.236 e. The third-order valence-corrected chi connectivity index (χ3v) is 6.13. The van der Waals surface area contributed by atoms with Crippen LogP contribution in [0.2, 0.25) is 0 Å². The lowest BCUT2D eigenvalue weighted by atomic mass is 10.0. The fourth-order valence-electron chi connectivity index (χ4n) is 3.02. The quantitative estimate of drug-likeness (QED) is 0.769. The van der Waals surface area contributed by atoms with Crippen molar-refractivity contribution in [1.82, 2.24) is 21.2 Å². The summed E-state index contributed by atoms with van der Waals surface area (Å²) in [5.74, 6) is 0.821. The van der Waals surface area contributed by atoms with Crippen molar-refractivity contribution in [3.05, 3.63) is 46.4 Å². The Morgan fingerprint density at radius 2 is 2.21 bits per heavy atom. The van der Waals surface area contributed by atoms with E-state index in [1.165, 1.54) is 0 Å². The zero-order valence-electron chi connectivity index (χ0n) is 13.2. The van der Waals surface area contributed by atoms with Gasteiger partial charge in [0.1, 0.15) is 5.50 Å². The number of aryl methyl sites for hydroxylation is 1. The minimum absolute atomic E-state index is 0.0351. The summed E-state index contributed by atoms with van der Waals surface area (Å²) >= 11 is 3.35. The van der Waals surface area contributed by atoms with Gasteiger partial charge in [0.2, 0.25) is 5.91 Å². The van der Waals surface area contributed by atoms with Crippen LogP contribution in [0.3, 0.4) is 0 Å². The summed E-state index contributed by atoms with van der Waals surface area (Å²) in [5, 5.41) is 6.69. The van der Waals surface area contributed by atoms with Gasteiger partial charge in [-0.25, -0.2) is 10.4 Å². The van der Waals surface area contributed by atoms with Crippen LogP contribution < -0.4 is 21.1 Å². The molecule has 24 heavy (non-hydrogen) atoms. The molecule has 2 fully saturated rings. The highest BCUT2D eigenvalue weighted by Crippen LogP contribution is 2.31. The number of amides is 1. The summed E-state index contributed by atoms with van der Waals surface area (Å²) in [7, 11) is 0. The van der Waals surface area contributed by atoms with E-state index in [9.17, 15) is 4.79 Å². The summed E-state index contributed by atoms with van der Waals surface area (Å²) < 4.78 is 0. The molecule has 3 atom stereocenters. The van der Waals surface area contributed by atoms with Gasteiger partial charge >= 0.3 is 0 Å². The lowest BCUT2D eigenvalue weighted by Gasteiger charge is -2.41. The highest BCUT2D eigenvalue weighted by Gasteiger charge is 2.44. The van der Waals surface area contributed by atoms with Gasteiger partial charge in [-0.2, -0.15) is 0 Å². The number of hydrogen-bond donors (Lipinski definition) is 3. The van der Waals surface area contributed by atoms with E-state index in [0.717, 1.165) is 22.1 Å². The molecule has 2 aromatic rings. The molecule has 4 rings (SSSR count). The number of thiazole rings is 1. The number of carbonyl (C=O) groups excluding carboxylic acids is 1. The third-order valence-electron chi connectivity index (χ3n) is 4.18. The number of carbonyl (C=O) groups is 1. The number of anilines is 1. The van der Waals surface area contributed by atoms with Crippen molar-refractivity contribution < 1.29 is 4.79 Å². The second-order valence-corrected chi connectivity index (χ2v) is 7.97. The van der Waals surface area contributed by atoms with Crippen molar-refractivity contribution in [2.45, 2.75) is 24.3 Å². The molecule has 8 heteroatoms. The number of thioether (sulfide) groups is 1. The van der Waals surface area contributed by atoms with Crippen LogP contribution in [0.4, 0.5) is 5.69 Å². The Hall–Kier alpha value is -1.45. The topological polar surface area (TPSA) is 69.3 Å². The van der Waals surface area contributed by atoms with E-state index in [0.29, 0.717) is 6.54 Å². The van der Waals surface area contributed by atoms with Crippen molar-refractivity contribution >= 4 is 34.7 Å². The minimum atomic E-state index is -0.129. The maximum atomic E-state index is 13.0. The fraction of sp³-hybridized carbons (Fsp3) is 0.375. The first-order valence-corrected chi connectivity index (χ1v) is 9.80. The van der Waals surface area contributed by atoms with Crippen molar-refractivity contribution in [3.8, 4) is 0 Å². The summed E-state index contributed by atoms with van der Waals surface area (Å²) in [5.41, 5.74) is 8.10. The average Bonchev–Trinajstić information content (AvgIpc) is 3.22. The molecule has 3 unspecified atom stereocenters. The molecule has 0 bridgehead atoms. The summed E-state index contributed by atoms with van der Waals surface area (Å²) in [6.07, 6.45) is -0.0351. The van der Waals surface area contributed by atoms with Gasteiger partial charge in [0, 0.05) is 23.4 Å². The normalized spacial score (nSPS) is 26.6. The number of rotatable bonds is 4. The Labute approximate surface area is 149 Å². The molecule has 1 aromatic heterocycles. The van der Waals surface area contributed by atoms with Gasteiger partial charge in [0.05, 0.1) is 22.8 Å². The first-order valence-electron chi connectivity index (χ1n) is 7.87. The Balaban J connectivity index is 1.57. The van der Waals surface area contributed by atoms with Crippen molar-refractivity contribution in [2.24, 2.45) is 5.92 Å². The molecule has 126 valence electrons. The number of hydrazine groups is 1. The van der Waals surface area contributed by atoms with E-state index in [2.05, 4.69) is 26.5 Å². The monoisotopic (exact) mass is 361 g/mol. The van der Waals surface area contributed by atoms with Gasteiger partial charge < -0.3 is 0 Å². The standard InChI is InChI=1S/C16H19N5OS2/c1-10-18-11(8-23-10)9-24-16-19-14-13(7-17-20-14)15(22)21(16)12-5-3-2-4-6-12/h2-6,8,13-14,16-17,19-20H,7,9H2,1H3. The molecule has 0 aliphatic carbocycles. The Kier molecular flexibility index (Phi) is 4.55. The first-order chi connectivity index (χ1) is 11.7. The predicted octanol–water partition coefficient (Wildman–Crippen LogP) is 1.65. The van der Waals surface area contributed by atoms with Crippen molar-refractivity contribution in [2.75, 3.05) is 11.4 Å². The minimum Gasteiger partial charge on any atom is -0.287 e. The highest BCUT2D eigenvalue weighted by molar-refractivity contribution is 7.99. The summed E-state index contributed by atoms with van der Waals surface area (Å²) in [6, 6.07) is 9.86. The zero-order valence-corrected chi connectivity index (χ0v) is 14.9. The predicted molar refractivity (Wildman–Crippen MR) is 97.4 cm³/mol. The highest BCUT2D eigenvalue weighted by atomic mass is 32.2. The van der Waals surface area contributed by atoms with E-state index >= 15 is 0 Å².